The summed E-state index contributed by atoms with van der Waals surface area (Å²) >= 11 is 2.66. The molecule has 0 heterocycles. The third-order valence-corrected chi connectivity index (χ3v) is 9.06. The number of allylic oxidation sites excluding steroid dienone is 2. The molecule has 3 saturated carbocycles. The lowest BCUT2D eigenvalue weighted by Gasteiger charge is -2.57. The molecule has 4 aliphatic carbocycles. The molecule has 5 unspecified atom stereocenters. The van der Waals surface area contributed by atoms with E-state index < -0.39 is 0 Å². The largest absolute Gasteiger partial charge is 0.393 e. The van der Waals surface area contributed by atoms with Gasteiger partial charge >= 0.3 is 0 Å². The molecule has 0 aromatic heterocycles. The number of hydrogen-bond acceptors (Lipinski definition) is 1. The maximum Gasteiger partial charge on any atom is 0.0596 e. The average Bonchev–Trinajstić information content (AvgIpc) is 2.76. The van der Waals surface area contributed by atoms with E-state index in [9.17, 15) is 5.11 Å². The summed E-state index contributed by atoms with van der Waals surface area (Å²) in [6.07, 6.45) is 13.0. The summed E-state index contributed by atoms with van der Waals surface area (Å²) in [6.45, 7) is 4.96. The monoisotopic (exact) mass is 400 g/mol. The van der Waals surface area contributed by atoms with E-state index in [2.05, 4.69) is 42.5 Å². The van der Waals surface area contributed by atoms with Gasteiger partial charge in [-0.25, -0.2) is 0 Å². The van der Waals surface area contributed by atoms with Gasteiger partial charge in [-0.3, -0.25) is 0 Å². The highest BCUT2D eigenvalue weighted by Crippen LogP contribution is 2.65. The van der Waals surface area contributed by atoms with Crippen LogP contribution >= 0.6 is 22.6 Å². The molecule has 118 valence electrons. The molecule has 21 heavy (non-hydrogen) atoms. The van der Waals surface area contributed by atoms with Crippen molar-refractivity contribution in [2.24, 2.45) is 28.6 Å². The molecule has 0 saturated heterocycles. The Labute approximate surface area is 143 Å². The molecule has 7 atom stereocenters. The summed E-state index contributed by atoms with van der Waals surface area (Å²) in [5.41, 5.74) is 2.50. The smallest absolute Gasteiger partial charge is 0.0596 e. The standard InChI is InChI=1S/C19H29IO/c1-18-9-7-13(20)11-12(18)3-4-14-15-5-6-17(21)19(15,2)10-8-16(14)18/h3,13-17,21H,4-11H2,1-2H3/t13-,14?,15?,16?,17?,18-,19?/m0/s1. The lowest BCUT2D eigenvalue weighted by atomic mass is 9.48. The first-order chi connectivity index (χ1) is 9.95. The Balaban J connectivity index is 1.68. The molecule has 0 amide bonds. The van der Waals surface area contributed by atoms with E-state index in [1.54, 1.807) is 5.57 Å². The predicted molar refractivity (Wildman–Crippen MR) is 95.5 cm³/mol. The van der Waals surface area contributed by atoms with E-state index in [-0.39, 0.29) is 11.5 Å². The SMILES string of the molecule is CC12CCC3C(CC=C4C[C@@H](I)CC[C@@]43C)C1CCC2O. The van der Waals surface area contributed by atoms with Gasteiger partial charge in [0.2, 0.25) is 0 Å². The minimum atomic E-state index is -0.0354. The first-order valence-corrected chi connectivity index (χ1v) is 10.2. The quantitative estimate of drug-likeness (QED) is 0.340. The fourth-order valence-corrected chi connectivity index (χ4v) is 7.37. The summed E-state index contributed by atoms with van der Waals surface area (Å²) in [5, 5.41) is 10.5. The summed E-state index contributed by atoms with van der Waals surface area (Å²) in [4.78, 5) is 0. The van der Waals surface area contributed by atoms with Gasteiger partial charge in [0.1, 0.15) is 0 Å². The molecule has 0 aromatic rings. The third kappa shape index (κ3) is 2.03. The molecular weight excluding hydrogens is 371 g/mol. The second-order valence-corrected chi connectivity index (χ2v) is 10.5. The average molecular weight is 400 g/mol. The number of fused-ring (bicyclic) bond motifs is 5. The Morgan fingerprint density at radius 1 is 1.10 bits per heavy atom. The fourth-order valence-electron chi connectivity index (χ4n) is 6.59. The number of aliphatic hydroxyl groups excluding tert-OH is 1. The molecule has 2 heteroatoms. The van der Waals surface area contributed by atoms with Crippen molar-refractivity contribution >= 4 is 22.6 Å². The Bertz CT molecular complexity index is 472. The molecule has 1 N–H and O–H groups in total. The van der Waals surface area contributed by atoms with E-state index in [1.165, 1.54) is 44.9 Å². The van der Waals surface area contributed by atoms with Gasteiger partial charge in [0.05, 0.1) is 6.10 Å². The molecular formula is C19H29IO. The number of halogens is 1. The van der Waals surface area contributed by atoms with Gasteiger partial charge in [-0.2, -0.15) is 0 Å². The van der Waals surface area contributed by atoms with Crippen LogP contribution < -0.4 is 0 Å². The highest BCUT2D eigenvalue weighted by Gasteiger charge is 2.58. The Morgan fingerprint density at radius 3 is 2.71 bits per heavy atom. The van der Waals surface area contributed by atoms with Crippen LogP contribution in [-0.2, 0) is 0 Å². The first kappa shape index (κ1) is 15.0. The zero-order chi connectivity index (χ0) is 14.8. The topological polar surface area (TPSA) is 20.2 Å². The van der Waals surface area contributed by atoms with Crippen molar-refractivity contribution in [3.63, 3.8) is 0 Å². The van der Waals surface area contributed by atoms with E-state index in [0.717, 1.165) is 28.1 Å². The molecule has 0 aromatic carbocycles. The molecule has 4 rings (SSSR count). The zero-order valence-electron chi connectivity index (χ0n) is 13.4. The van der Waals surface area contributed by atoms with Crippen LogP contribution in [0.1, 0.15) is 65.2 Å². The van der Waals surface area contributed by atoms with Crippen LogP contribution in [0.5, 0.6) is 0 Å². The highest BCUT2D eigenvalue weighted by molar-refractivity contribution is 14.1. The third-order valence-electron chi connectivity index (χ3n) is 7.99. The fraction of sp³-hybridized carbons (Fsp3) is 0.895. The Morgan fingerprint density at radius 2 is 1.90 bits per heavy atom. The van der Waals surface area contributed by atoms with Crippen molar-refractivity contribution in [3.05, 3.63) is 11.6 Å². The van der Waals surface area contributed by atoms with E-state index in [1.807, 2.05) is 0 Å². The van der Waals surface area contributed by atoms with Gasteiger partial charge in [-0.15, -0.1) is 0 Å². The van der Waals surface area contributed by atoms with Crippen LogP contribution in [0.25, 0.3) is 0 Å². The summed E-state index contributed by atoms with van der Waals surface area (Å²) in [5.74, 6) is 2.52. The molecule has 4 aliphatic rings. The minimum Gasteiger partial charge on any atom is -0.393 e. The van der Waals surface area contributed by atoms with Gasteiger partial charge in [0.15, 0.2) is 0 Å². The Hall–Kier alpha value is 0.430. The maximum atomic E-state index is 10.5. The predicted octanol–water partition coefficient (Wildman–Crippen LogP) is 5.11. The van der Waals surface area contributed by atoms with Crippen LogP contribution in [-0.4, -0.2) is 15.1 Å². The molecule has 0 aliphatic heterocycles. The normalized spacial score (nSPS) is 56.2. The second kappa shape index (κ2) is 4.96. The zero-order valence-corrected chi connectivity index (χ0v) is 15.6. The molecule has 3 fully saturated rings. The van der Waals surface area contributed by atoms with Crippen LogP contribution in [0.3, 0.4) is 0 Å². The summed E-state index contributed by atoms with van der Waals surface area (Å²) < 4.78 is 0.862. The van der Waals surface area contributed by atoms with E-state index in [0.29, 0.717) is 5.41 Å². The van der Waals surface area contributed by atoms with Crippen LogP contribution in [0.2, 0.25) is 0 Å². The lowest BCUT2D eigenvalue weighted by molar-refractivity contribution is -0.0657. The summed E-state index contributed by atoms with van der Waals surface area (Å²) in [6, 6.07) is 0. The lowest BCUT2D eigenvalue weighted by Crippen LogP contribution is -2.50. The number of rotatable bonds is 0. The van der Waals surface area contributed by atoms with Crippen molar-refractivity contribution in [3.8, 4) is 0 Å². The number of hydrogen-bond donors (Lipinski definition) is 1. The number of alkyl halides is 1. The van der Waals surface area contributed by atoms with Crippen LogP contribution in [0.15, 0.2) is 11.6 Å². The van der Waals surface area contributed by atoms with E-state index >= 15 is 0 Å². The van der Waals surface area contributed by atoms with Gasteiger partial charge < -0.3 is 5.11 Å². The minimum absolute atomic E-state index is 0.0354. The maximum absolute atomic E-state index is 10.5. The molecule has 0 radical (unpaired) electrons. The van der Waals surface area contributed by atoms with E-state index in [4.69, 9.17) is 0 Å². The van der Waals surface area contributed by atoms with Crippen molar-refractivity contribution in [1.29, 1.82) is 0 Å². The second-order valence-electron chi connectivity index (χ2n) is 8.74. The van der Waals surface area contributed by atoms with Gasteiger partial charge in [0, 0.05) is 3.92 Å². The van der Waals surface area contributed by atoms with Crippen LogP contribution in [0.4, 0.5) is 0 Å². The first-order valence-electron chi connectivity index (χ1n) is 8.97. The van der Waals surface area contributed by atoms with Crippen molar-refractivity contribution < 1.29 is 5.11 Å². The highest BCUT2D eigenvalue weighted by atomic mass is 127. The van der Waals surface area contributed by atoms with Crippen molar-refractivity contribution in [2.45, 2.75) is 75.2 Å². The summed E-state index contributed by atoms with van der Waals surface area (Å²) in [7, 11) is 0. The van der Waals surface area contributed by atoms with Gasteiger partial charge in [-0.1, -0.05) is 48.1 Å². The Kier molecular flexibility index (Phi) is 3.54. The number of aliphatic hydroxyl groups is 1. The van der Waals surface area contributed by atoms with Crippen molar-refractivity contribution in [2.75, 3.05) is 0 Å². The van der Waals surface area contributed by atoms with Gasteiger partial charge in [0.25, 0.3) is 0 Å². The van der Waals surface area contributed by atoms with Gasteiger partial charge in [-0.05, 0) is 80.0 Å². The molecule has 0 bridgehead atoms. The van der Waals surface area contributed by atoms with Crippen LogP contribution in [0, 0.1) is 28.6 Å². The van der Waals surface area contributed by atoms with Crippen molar-refractivity contribution in [1.82, 2.24) is 0 Å². The molecule has 0 spiro atoms. The molecule has 1 nitrogen and oxygen atoms in total.